The van der Waals surface area contributed by atoms with Crippen LogP contribution in [0.3, 0.4) is 0 Å². The number of unbranched alkanes of at least 4 members (excludes halogenated alkanes) is 1. The number of aromatic nitrogens is 3. The first-order chi connectivity index (χ1) is 21.1. The third-order valence-corrected chi connectivity index (χ3v) is 7.98. The number of benzene rings is 3. The molecule has 0 fully saturated rings. The van der Waals surface area contributed by atoms with Crippen molar-refractivity contribution in [2.75, 3.05) is 5.32 Å². The Hall–Kier alpha value is -5.56. The molecular formula is C34H30N4O6. The van der Waals surface area contributed by atoms with Gasteiger partial charge in [-0.15, -0.1) is 12.3 Å². The topological polar surface area (TPSA) is 125 Å². The van der Waals surface area contributed by atoms with Crippen LogP contribution < -0.4 is 21.4 Å². The number of phenolic OH excluding ortho intramolecular Hbond substituents is 1. The van der Waals surface area contributed by atoms with Gasteiger partial charge in [-0.1, -0.05) is 6.08 Å². The Labute approximate surface area is 252 Å². The van der Waals surface area contributed by atoms with Gasteiger partial charge in [-0.25, -0.2) is 23.5 Å². The fraction of sp³-hybridized carbons (Fsp3) is 0.235. The van der Waals surface area contributed by atoms with Gasteiger partial charge in [0.05, 0.1) is 12.2 Å². The van der Waals surface area contributed by atoms with E-state index in [-0.39, 0.29) is 24.0 Å². The zero-order valence-corrected chi connectivity index (χ0v) is 24.2. The Bertz CT molecular complexity index is 1990. The molecule has 6 rings (SSSR count). The molecule has 2 aliphatic rings. The van der Waals surface area contributed by atoms with Crippen LogP contribution in [0.25, 0.3) is 5.69 Å². The molecule has 1 unspecified atom stereocenters. The molecule has 44 heavy (non-hydrogen) atoms. The highest BCUT2D eigenvalue weighted by Crippen LogP contribution is 2.46. The number of amides is 1. The number of nitrogens with one attached hydrogen (secondary N) is 1. The number of fused-ring (bicyclic) bond motifs is 5. The molecule has 0 aliphatic carbocycles. The number of ketones is 1. The average molecular weight is 591 g/mol. The van der Waals surface area contributed by atoms with Gasteiger partial charge < -0.3 is 15.2 Å². The first-order valence-corrected chi connectivity index (χ1v) is 14.2. The van der Waals surface area contributed by atoms with E-state index in [4.69, 9.17) is 11.2 Å². The first-order valence-electron chi connectivity index (χ1n) is 14.2. The summed E-state index contributed by atoms with van der Waals surface area (Å²) in [4.78, 5) is 52.7. The van der Waals surface area contributed by atoms with Gasteiger partial charge in [-0.2, -0.15) is 0 Å². The second kappa shape index (κ2) is 10.9. The molecule has 0 saturated heterocycles. The number of carbonyl (C=O) groups excluding carboxylic acids is 2. The summed E-state index contributed by atoms with van der Waals surface area (Å²) in [6.07, 6.45) is 8.58. The number of ether oxygens (including phenoxy) is 1. The minimum atomic E-state index is -0.776. The number of carbonyl (C=O) groups is 2. The summed E-state index contributed by atoms with van der Waals surface area (Å²) in [6, 6.07) is 17.0. The summed E-state index contributed by atoms with van der Waals surface area (Å²) in [5.74, 6) is 2.58. The lowest BCUT2D eigenvalue weighted by Crippen LogP contribution is -2.46. The van der Waals surface area contributed by atoms with Crippen molar-refractivity contribution in [1.82, 2.24) is 13.9 Å². The number of rotatable bonds is 7. The Morgan fingerprint density at radius 1 is 1.02 bits per heavy atom. The Balaban J connectivity index is 1.27. The van der Waals surface area contributed by atoms with E-state index in [0.29, 0.717) is 53.1 Å². The predicted molar refractivity (Wildman–Crippen MR) is 165 cm³/mol. The van der Waals surface area contributed by atoms with Crippen molar-refractivity contribution >= 4 is 17.4 Å². The van der Waals surface area contributed by atoms with E-state index < -0.39 is 23.0 Å². The monoisotopic (exact) mass is 590 g/mol. The molecule has 0 bridgehead atoms. The Morgan fingerprint density at radius 2 is 1.70 bits per heavy atom. The molecule has 0 spiro atoms. The molecule has 0 radical (unpaired) electrons. The maximum absolute atomic E-state index is 13.9. The lowest BCUT2D eigenvalue weighted by molar-refractivity contribution is -0.116. The summed E-state index contributed by atoms with van der Waals surface area (Å²) >= 11 is 0. The second-order valence-corrected chi connectivity index (χ2v) is 11.3. The minimum absolute atomic E-state index is 0.0365. The molecule has 4 aromatic rings. The van der Waals surface area contributed by atoms with Crippen LogP contribution in [-0.4, -0.2) is 36.3 Å². The third kappa shape index (κ3) is 4.92. The maximum atomic E-state index is 13.9. The SMILES string of the molecule is C#CCCCC(=O)Nc1ccc(C(=O)c2ccc(-n3c(=O)n4n(c3=O)C3C(=CC4)C(C)(C)Oc4cc(O)ccc43)cc2)cc1. The van der Waals surface area contributed by atoms with E-state index in [0.717, 1.165) is 10.1 Å². The normalized spacial score (nSPS) is 15.9. The van der Waals surface area contributed by atoms with Crippen LogP contribution >= 0.6 is 0 Å². The van der Waals surface area contributed by atoms with Gasteiger partial charge in [0.15, 0.2) is 5.78 Å². The number of hydrogen-bond donors (Lipinski definition) is 2. The molecule has 2 N–H and O–H groups in total. The van der Waals surface area contributed by atoms with E-state index in [2.05, 4.69) is 11.2 Å². The average Bonchev–Trinajstić information content (AvgIpc) is 3.26. The molecule has 1 amide bonds. The van der Waals surface area contributed by atoms with Gasteiger partial charge in [0, 0.05) is 41.3 Å². The summed E-state index contributed by atoms with van der Waals surface area (Å²) in [5, 5.41) is 12.8. The summed E-state index contributed by atoms with van der Waals surface area (Å²) in [7, 11) is 0. The van der Waals surface area contributed by atoms with Crippen LogP contribution in [-0.2, 0) is 11.3 Å². The minimum Gasteiger partial charge on any atom is -0.508 e. The van der Waals surface area contributed by atoms with Crippen molar-refractivity contribution in [2.45, 2.75) is 51.3 Å². The number of allylic oxidation sites excluding steroid dienone is 1. The van der Waals surface area contributed by atoms with Gasteiger partial charge in [0.25, 0.3) is 0 Å². The van der Waals surface area contributed by atoms with Crippen LogP contribution in [0.15, 0.2) is 88.0 Å². The smallest absolute Gasteiger partial charge is 0.352 e. The molecule has 0 saturated carbocycles. The Kier molecular flexibility index (Phi) is 7.09. The number of phenols is 1. The van der Waals surface area contributed by atoms with Gasteiger partial charge in [0.1, 0.15) is 23.1 Å². The van der Waals surface area contributed by atoms with Gasteiger partial charge in [-0.3, -0.25) is 9.59 Å². The predicted octanol–water partition coefficient (Wildman–Crippen LogP) is 4.18. The Morgan fingerprint density at radius 3 is 2.39 bits per heavy atom. The van der Waals surface area contributed by atoms with Crippen LogP contribution in [0, 0.1) is 12.3 Å². The van der Waals surface area contributed by atoms with E-state index in [1.165, 1.54) is 21.5 Å². The zero-order chi connectivity index (χ0) is 31.2. The second-order valence-electron chi connectivity index (χ2n) is 11.3. The molecule has 1 aromatic heterocycles. The number of terminal acetylenes is 1. The fourth-order valence-corrected chi connectivity index (χ4v) is 5.81. The van der Waals surface area contributed by atoms with Crippen LogP contribution in [0.4, 0.5) is 5.69 Å². The van der Waals surface area contributed by atoms with Gasteiger partial charge in [-0.05, 0) is 86.5 Å². The van der Waals surface area contributed by atoms with E-state index in [1.54, 1.807) is 54.6 Å². The molecule has 1 atom stereocenters. The number of nitrogens with zero attached hydrogens (tertiary/aromatic N) is 3. The van der Waals surface area contributed by atoms with Gasteiger partial charge in [0.2, 0.25) is 5.91 Å². The standard InChI is InChI=1S/C34H30N4O6/c1-4-5-6-7-29(40)35-23-12-8-21(9-13-23)31(41)22-10-14-24(15-11-22)37-32(42)36-19-18-27-30(38(36)33(37)43)26-17-16-25(39)20-28(26)44-34(27,2)3/h1,8-18,20,30,39H,5-7,19H2,2-3H3,(H,35,40). The van der Waals surface area contributed by atoms with Crippen molar-refractivity contribution < 1.29 is 19.4 Å². The molecule has 2 aliphatic heterocycles. The molecule has 10 heteroatoms. The lowest BCUT2D eigenvalue weighted by Gasteiger charge is -2.42. The molecular weight excluding hydrogens is 560 g/mol. The highest BCUT2D eigenvalue weighted by Gasteiger charge is 2.43. The van der Waals surface area contributed by atoms with Gasteiger partial charge >= 0.3 is 11.4 Å². The molecule has 3 aromatic carbocycles. The molecule has 3 heterocycles. The highest BCUT2D eigenvalue weighted by molar-refractivity contribution is 6.09. The molecule has 222 valence electrons. The van der Waals surface area contributed by atoms with Crippen molar-refractivity contribution in [3.05, 3.63) is 116 Å². The van der Waals surface area contributed by atoms with Crippen LogP contribution in [0.2, 0.25) is 0 Å². The fourth-order valence-electron chi connectivity index (χ4n) is 5.81. The highest BCUT2D eigenvalue weighted by atomic mass is 16.5. The number of hydrogen-bond acceptors (Lipinski definition) is 6. The van der Waals surface area contributed by atoms with Crippen molar-refractivity contribution in [2.24, 2.45) is 0 Å². The zero-order valence-electron chi connectivity index (χ0n) is 24.2. The summed E-state index contributed by atoms with van der Waals surface area (Å²) in [5.41, 5.74) is 1.39. The lowest BCUT2D eigenvalue weighted by atomic mass is 9.83. The summed E-state index contributed by atoms with van der Waals surface area (Å²) < 4.78 is 10.1. The number of aromatic hydroxyl groups is 1. The first kappa shape index (κ1) is 28.6. The third-order valence-electron chi connectivity index (χ3n) is 7.98. The largest absolute Gasteiger partial charge is 0.508 e. The van der Waals surface area contributed by atoms with Crippen LogP contribution in [0.1, 0.15) is 60.6 Å². The van der Waals surface area contributed by atoms with E-state index >= 15 is 0 Å². The maximum Gasteiger partial charge on any atom is 0.352 e. The van der Waals surface area contributed by atoms with Crippen molar-refractivity contribution in [1.29, 1.82) is 0 Å². The molecule has 10 nitrogen and oxygen atoms in total. The number of anilines is 1. The van der Waals surface area contributed by atoms with Crippen LogP contribution in [0.5, 0.6) is 11.5 Å². The van der Waals surface area contributed by atoms with Crippen molar-refractivity contribution in [3.63, 3.8) is 0 Å². The summed E-state index contributed by atoms with van der Waals surface area (Å²) in [6.45, 7) is 3.96. The van der Waals surface area contributed by atoms with E-state index in [9.17, 15) is 24.3 Å². The quantitative estimate of drug-likeness (QED) is 0.144. The van der Waals surface area contributed by atoms with Crippen molar-refractivity contribution in [3.8, 4) is 29.5 Å². The van der Waals surface area contributed by atoms with E-state index in [1.807, 2.05) is 19.9 Å².